The van der Waals surface area contributed by atoms with E-state index in [2.05, 4.69) is 25.8 Å². The minimum absolute atomic E-state index is 0.208. The van der Waals surface area contributed by atoms with Gasteiger partial charge in [0.25, 0.3) is 11.8 Å². The van der Waals surface area contributed by atoms with Crippen molar-refractivity contribution in [2.24, 2.45) is 0 Å². The number of hydrogen-bond acceptors (Lipinski definition) is 5. The van der Waals surface area contributed by atoms with Gasteiger partial charge in [0.05, 0.1) is 11.1 Å². The zero-order chi connectivity index (χ0) is 27.1. The number of hydrogen-bond donors (Lipinski definition) is 4. The summed E-state index contributed by atoms with van der Waals surface area (Å²) in [5.41, 5.74) is 4.46. The number of likely N-dealkylation sites (N-methyl/N-ethyl adjacent to an activating group) is 1. The van der Waals surface area contributed by atoms with Crippen LogP contribution in [0.25, 0.3) is 33.0 Å². The summed E-state index contributed by atoms with van der Waals surface area (Å²) in [6.07, 6.45) is 3.58. The van der Waals surface area contributed by atoms with Gasteiger partial charge in [-0.05, 0) is 50.5 Å². The van der Waals surface area contributed by atoms with Crippen molar-refractivity contribution < 1.29 is 19.2 Å². The van der Waals surface area contributed by atoms with Crippen LogP contribution in [0.2, 0.25) is 0 Å². The number of aromatic amines is 1. The second-order valence-corrected chi connectivity index (χ2v) is 9.63. The van der Waals surface area contributed by atoms with Gasteiger partial charge in [-0.2, -0.15) is 0 Å². The van der Waals surface area contributed by atoms with Crippen LogP contribution in [0, 0.1) is 0 Å². The Balaban J connectivity index is 1.75. The molecule has 4 N–H and O–H groups in total. The lowest BCUT2D eigenvalue weighted by Gasteiger charge is -2.11. The number of carbonyl (C=O) groups excluding carboxylic acids is 4. The molecule has 1 aliphatic rings. The van der Waals surface area contributed by atoms with Crippen LogP contribution in [-0.4, -0.2) is 58.7 Å². The smallest absolute Gasteiger partial charge is 0.259 e. The number of amides is 4. The first kappa shape index (κ1) is 25.0. The maximum absolute atomic E-state index is 13.3. The maximum atomic E-state index is 13.3. The molecular weight excluding hydrogens is 484 g/mol. The number of benzene rings is 2. The molecule has 0 aliphatic carbocycles. The lowest BCUT2D eigenvalue weighted by Crippen LogP contribution is -2.22. The first-order chi connectivity index (χ1) is 18.1. The molecule has 0 bridgehead atoms. The van der Waals surface area contributed by atoms with Crippen LogP contribution in [0.15, 0.2) is 48.8 Å². The third kappa shape index (κ3) is 4.57. The van der Waals surface area contributed by atoms with Gasteiger partial charge in [-0.1, -0.05) is 0 Å². The van der Waals surface area contributed by atoms with Crippen LogP contribution in [0.1, 0.15) is 25.0 Å². The molecule has 0 atom stereocenters. The summed E-state index contributed by atoms with van der Waals surface area (Å²) in [6, 6.07) is 10.9. The number of rotatable bonds is 7. The van der Waals surface area contributed by atoms with Crippen molar-refractivity contribution in [1.29, 1.82) is 0 Å². The maximum Gasteiger partial charge on any atom is 0.259 e. The highest BCUT2D eigenvalue weighted by Crippen LogP contribution is 2.39. The summed E-state index contributed by atoms with van der Waals surface area (Å²) < 4.78 is 2.05. The van der Waals surface area contributed by atoms with Crippen molar-refractivity contribution in [3.05, 3.63) is 59.9 Å². The van der Waals surface area contributed by atoms with E-state index in [9.17, 15) is 19.2 Å². The normalized spacial score (nSPS) is 13.6. The van der Waals surface area contributed by atoms with Gasteiger partial charge >= 0.3 is 0 Å². The molecule has 4 aromatic rings. The van der Waals surface area contributed by atoms with Crippen LogP contribution in [0.5, 0.6) is 0 Å². The Kier molecular flexibility index (Phi) is 6.33. The molecule has 5 rings (SSSR count). The number of nitrogens with zero attached hydrogens (tertiary/aromatic N) is 2. The molecule has 10 nitrogen and oxygen atoms in total. The van der Waals surface area contributed by atoms with E-state index in [-0.39, 0.29) is 23.0 Å². The molecule has 0 unspecified atom stereocenters. The number of nitrogens with one attached hydrogen (secondary N) is 4. The molecule has 1 aliphatic heterocycles. The molecule has 2 aromatic heterocycles. The van der Waals surface area contributed by atoms with E-state index < -0.39 is 11.8 Å². The van der Waals surface area contributed by atoms with Crippen molar-refractivity contribution in [2.45, 2.75) is 20.4 Å². The van der Waals surface area contributed by atoms with Crippen LogP contribution >= 0.6 is 0 Å². The Morgan fingerprint density at radius 2 is 1.47 bits per heavy atom. The summed E-state index contributed by atoms with van der Waals surface area (Å²) in [7, 11) is 3.97. The highest BCUT2D eigenvalue weighted by Gasteiger charge is 2.35. The Morgan fingerprint density at radius 1 is 0.868 bits per heavy atom. The summed E-state index contributed by atoms with van der Waals surface area (Å²) in [4.78, 5) is 55.0. The molecule has 0 radical (unpaired) electrons. The standard InChI is InChI=1S/C28H28N6O4/c1-15(35)30-17-5-7-23-19(11-17)21(13-29-23)25-26(28(38)32-27(25)37)22-14-34(10-9-33(3)4)24-8-6-18(12-20(22)24)31-16(2)36/h5-8,11-14,29H,9-10H2,1-4H3,(H,30,35)(H,31,36)(H,32,37,38). The predicted molar refractivity (Wildman–Crippen MR) is 147 cm³/mol. The van der Waals surface area contributed by atoms with Gasteiger partial charge < -0.3 is 25.1 Å². The third-order valence-corrected chi connectivity index (χ3v) is 6.46. The molecule has 10 heteroatoms. The van der Waals surface area contributed by atoms with Gasteiger partial charge in [0.2, 0.25) is 11.8 Å². The Bertz CT molecular complexity index is 1670. The number of fused-ring (bicyclic) bond motifs is 2. The van der Waals surface area contributed by atoms with Gasteiger partial charge in [-0.15, -0.1) is 0 Å². The van der Waals surface area contributed by atoms with Crippen LogP contribution in [0.3, 0.4) is 0 Å². The van der Waals surface area contributed by atoms with Crippen LogP contribution in [0.4, 0.5) is 11.4 Å². The minimum Gasteiger partial charge on any atom is -0.361 e. The van der Waals surface area contributed by atoms with Crippen molar-refractivity contribution in [3.63, 3.8) is 0 Å². The number of imide groups is 1. The zero-order valence-corrected chi connectivity index (χ0v) is 21.6. The second kappa shape index (κ2) is 9.64. The molecular formula is C28H28N6O4. The van der Waals surface area contributed by atoms with Crippen LogP contribution in [-0.2, 0) is 25.7 Å². The van der Waals surface area contributed by atoms with Crippen molar-refractivity contribution in [3.8, 4) is 0 Å². The van der Waals surface area contributed by atoms with E-state index in [0.717, 1.165) is 23.0 Å². The van der Waals surface area contributed by atoms with E-state index in [1.54, 1.807) is 18.3 Å². The van der Waals surface area contributed by atoms with Gasteiger partial charge in [0, 0.05) is 83.6 Å². The van der Waals surface area contributed by atoms with Crippen molar-refractivity contribution >= 4 is 68.0 Å². The van der Waals surface area contributed by atoms with Gasteiger partial charge in [0.15, 0.2) is 0 Å². The number of anilines is 2. The molecule has 0 saturated carbocycles. The number of aromatic nitrogens is 2. The molecule has 4 amide bonds. The Morgan fingerprint density at radius 3 is 2.11 bits per heavy atom. The first-order valence-electron chi connectivity index (χ1n) is 12.2. The fourth-order valence-electron chi connectivity index (χ4n) is 4.85. The zero-order valence-electron chi connectivity index (χ0n) is 21.6. The highest BCUT2D eigenvalue weighted by molar-refractivity contribution is 6.50. The Labute approximate surface area is 218 Å². The topological polar surface area (TPSA) is 128 Å². The predicted octanol–water partition coefficient (Wildman–Crippen LogP) is 3.17. The fraction of sp³-hybridized carbons (Fsp3) is 0.214. The average molecular weight is 513 g/mol. The monoisotopic (exact) mass is 512 g/mol. The molecule has 2 aromatic carbocycles. The molecule has 194 valence electrons. The molecule has 38 heavy (non-hydrogen) atoms. The van der Waals surface area contributed by atoms with E-state index in [1.807, 2.05) is 49.1 Å². The van der Waals surface area contributed by atoms with E-state index in [0.29, 0.717) is 34.4 Å². The lowest BCUT2D eigenvalue weighted by atomic mass is 9.95. The lowest BCUT2D eigenvalue weighted by molar-refractivity contribution is -0.123. The number of carbonyl (C=O) groups is 4. The van der Waals surface area contributed by atoms with E-state index in [4.69, 9.17) is 0 Å². The number of H-pyrrole nitrogens is 1. The summed E-state index contributed by atoms with van der Waals surface area (Å²) >= 11 is 0. The van der Waals surface area contributed by atoms with Crippen molar-refractivity contribution in [2.75, 3.05) is 31.3 Å². The third-order valence-electron chi connectivity index (χ3n) is 6.46. The minimum atomic E-state index is -0.497. The van der Waals surface area contributed by atoms with E-state index in [1.165, 1.54) is 13.8 Å². The summed E-state index contributed by atoms with van der Waals surface area (Å²) in [5, 5.41) is 9.46. The largest absolute Gasteiger partial charge is 0.361 e. The SMILES string of the molecule is CC(=O)Nc1ccc2[nH]cc(C3=C(c4cn(CCN(C)C)c5ccc(NC(C)=O)cc45)C(=O)NC3=O)c2c1. The second-order valence-electron chi connectivity index (χ2n) is 9.63. The average Bonchev–Trinajstić information content (AvgIpc) is 3.49. The summed E-state index contributed by atoms with van der Waals surface area (Å²) in [5.74, 6) is -1.41. The molecule has 0 fully saturated rings. The van der Waals surface area contributed by atoms with Crippen molar-refractivity contribution in [1.82, 2.24) is 19.8 Å². The van der Waals surface area contributed by atoms with Gasteiger partial charge in [0.1, 0.15) is 0 Å². The van der Waals surface area contributed by atoms with Crippen LogP contribution < -0.4 is 16.0 Å². The molecule has 0 saturated heterocycles. The highest BCUT2D eigenvalue weighted by atomic mass is 16.2. The van der Waals surface area contributed by atoms with Gasteiger partial charge in [-0.3, -0.25) is 24.5 Å². The van der Waals surface area contributed by atoms with Gasteiger partial charge in [-0.25, -0.2) is 0 Å². The Hall–Kier alpha value is -4.70. The summed E-state index contributed by atoms with van der Waals surface area (Å²) in [6.45, 7) is 4.28. The quantitative estimate of drug-likeness (QED) is 0.283. The first-order valence-corrected chi connectivity index (χ1v) is 12.2. The molecule has 0 spiro atoms. The molecule has 3 heterocycles. The fourth-order valence-corrected chi connectivity index (χ4v) is 4.85. The van der Waals surface area contributed by atoms with E-state index >= 15 is 0 Å².